The first-order valence-electron chi connectivity index (χ1n) is 5.35. The average Bonchev–Trinajstić information content (AvgIpc) is 2.28. The molecule has 3 nitrogen and oxygen atoms in total. The van der Waals surface area contributed by atoms with E-state index in [1.807, 2.05) is 18.2 Å². The van der Waals surface area contributed by atoms with Crippen LogP contribution >= 0.6 is 0 Å². The number of rotatable bonds is 4. The molecule has 0 atom stereocenters. The fourth-order valence-corrected chi connectivity index (χ4v) is 1.41. The Hall–Kier alpha value is -1.53. The summed E-state index contributed by atoms with van der Waals surface area (Å²) in [5.74, 6) is 0.637. The third-order valence-corrected chi connectivity index (χ3v) is 2.70. The molecule has 16 heavy (non-hydrogen) atoms. The summed E-state index contributed by atoms with van der Waals surface area (Å²) in [4.78, 5) is 2.23. The molecular weight excluding hydrogens is 200 g/mol. The van der Waals surface area contributed by atoms with Crippen molar-refractivity contribution in [3.8, 4) is 11.8 Å². The van der Waals surface area contributed by atoms with Crippen molar-refractivity contribution >= 4 is 0 Å². The Morgan fingerprint density at radius 3 is 2.62 bits per heavy atom. The van der Waals surface area contributed by atoms with Gasteiger partial charge >= 0.3 is 0 Å². The lowest BCUT2D eigenvalue weighted by Gasteiger charge is -2.21. The quantitative estimate of drug-likeness (QED) is 0.778. The van der Waals surface area contributed by atoms with E-state index in [0.29, 0.717) is 17.4 Å². The number of nitrogens with zero attached hydrogens (tertiary/aromatic N) is 2. The largest absolute Gasteiger partial charge is 0.495 e. The summed E-state index contributed by atoms with van der Waals surface area (Å²) < 4.78 is 5.11. The van der Waals surface area contributed by atoms with Crippen molar-refractivity contribution in [1.82, 2.24) is 4.90 Å². The Morgan fingerprint density at radius 2 is 2.12 bits per heavy atom. The maximum absolute atomic E-state index is 8.97. The zero-order valence-electron chi connectivity index (χ0n) is 10.3. The second-order valence-electron chi connectivity index (χ2n) is 4.16. The molecule has 0 unspecified atom stereocenters. The van der Waals surface area contributed by atoms with Gasteiger partial charge in [0.15, 0.2) is 0 Å². The highest BCUT2D eigenvalue weighted by Gasteiger charge is 2.07. The number of hydrogen-bond acceptors (Lipinski definition) is 3. The summed E-state index contributed by atoms with van der Waals surface area (Å²) in [5.41, 5.74) is 1.73. The fourth-order valence-electron chi connectivity index (χ4n) is 1.41. The van der Waals surface area contributed by atoms with E-state index >= 15 is 0 Å². The minimum absolute atomic E-state index is 0.493. The van der Waals surface area contributed by atoms with Crippen LogP contribution in [0.2, 0.25) is 0 Å². The van der Waals surface area contributed by atoms with Crippen molar-refractivity contribution < 1.29 is 4.74 Å². The molecule has 0 spiro atoms. The Balaban J connectivity index is 2.88. The van der Waals surface area contributed by atoms with Gasteiger partial charge in [-0.1, -0.05) is 6.07 Å². The van der Waals surface area contributed by atoms with E-state index < -0.39 is 0 Å². The normalized spacial score (nSPS) is 10.6. The summed E-state index contributed by atoms with van der Waals surface area (Å²) >= 11 is 0. The van der Waals surface area contributed by atoms with E-state index in [0.717, 1.165) is 12.1 Å². The third kappa shape index (κ3) is 2.98. The van der Waals surface area contributed by atoms with E-state index in [1.165, 1.54) is 0 Å². The van der Waals surface area contributed by atoms with Gasteiger partial charge < -0.3 is 4.74 Å². The predicted octanol–water partition coefficient (Wildman–Crippen LogP) is 2.41. The topological polar surface area (TPSA) is 36.3 Å². The van der Waals surface area contributed by atoms with Crippen LogP contribution < -0.4 is 4.74 Å². The van der Waals surface area contributed by atoms with Crippen molar-refractivity contribution in [3.05, 3.63) is 29.3 Å². The van der Waals surface area contributed by atoms with Crippen LogP contribution in [0.25, 0.3) is 0 Å². The first-order valence-corrected chi connectivity index (χ1v) is 5.35. The van der Waals surface area contributed by atoms with Gasteiger partial charge in [0.05, 0.1) is 12.7 Å². The Kier molecular flexibility index (Phi) is 4.33. The van der Waals surface area contributed by atoms with Gasteiger partial charge in [0.1, 0.15) is 11.8 Å². The molecule has 1 aromatic carbocycles. The number of methoxy groups -OCH3 is 1. The van der Waals surface area contributed by atoms with Gasteiger partial charge in [-0.25, -0.2) is 0 Å². The highest BCUT2D eigenvalue weighted by atomic mass is 16.5. The zero-order valence-corrected chi connectivity index (χ0v) is 10.3. The van der Waals surface area contributed by atoms with Gasteiger partial charge in [-0.2, -0.15) is 5.26 Å². The van der Waals surface area contributed by atoms with Crippen LogP contribution in [0.15, 0.2) is 18.2 Å². The number of hydrogen-bond donors (Lipinski definition) is 0. The van der Waals surface area contributed by atoms with Crippen LogP contribution in [0.3, 0.4) is 0 Å². The molecular formula is C13H18N2O. The molecule has 0 N–H and O–H groups in total. The Bertz CT molecular complexity index is 393. The molecule has 0 fully saturated rings. The van der Waals surface area contributed by atoms with Gasteiger partial charge in [-0.05, 0) is 38.6 Å². The molecule has 0 aliphatic heterocycles. The second kappa shape index (κ2) is 5.53. The van der Waals surface area contributed by atoms with Crippen molar-refractivity contribution in [1.29, 1.82) is 5.26 Å². The molecule has 0 saturated heterocycles. The van der Waals surface area contributed by atoms with Gasteiger partial charge in [-0.3, -0.25) is 4.90 Å². The molecule has 0 heterocycles. The number of nitriles is 1. The SMILES string of the molecule is COc1ccc(CN(C)C(C)C)cc1C#N. The Labute approximate surface area is 97.3 Å². The predicted molar refractivity (Wildman–Crippen MR) is 64.3 cm³/mol. The molecule has 0 saturated carbocycles. The van der Waals surface area contributed by atoms with Crippen LogP contribution in [0.5, 0.6) is 5.75 Å². The Morgan fingerprint density at radius 1 is 1.44 bits per heavy atom. The maximum atomic E-state index is 8.97. The average molecular weight is 218 g/mol. The van der Waals surface area contributed by atoms with Gasteiger partial charge in [0, 0.05) is 12.6 Å². The summed E-state index contributed by atoms with van der Waals surface area (Å²) in [7, 11) is 3.65. The van der Waals surface area contributed by atoms with E-state index in [1.54, 1.807) is 7.11 Å². The lowest BCUT2D eigenvalue weighted by atomic mass is 10.1. The van der Waals surface area contributed by atoms with Crippen molar-refractivity contribution in [2.75, 3.05) is 14.2 Å². The molecule has 1 rings (SSSR count). The van der Waals surface area contributed by atoms with Crippen LogP contribution in [-0.2, 0) is 6.54 Å². The molecule has 3 heteroatoms. The molecule has 0 amide bonds. The summed E-state index contributed by atoms with van der Waals surface area (Å²) in [6.07, 6.45) is 0. The number of benzene rings is 1. The van der Waals surface area contributed by atoms with E-state index in [9.17, 15) is 0 Å². The monoisotopic (exact) mass is 218 g/mol. The van der Waals surface area contributed by atoms with E-state index in [2.05, 4.69) is 31.9 Å². The standard InChI is InChI=1S/C13H18N2O/c1-10(2)15(3)9-11-5-6-13(16-4)12(7-11)8-14/h5-7,10H,9H2,1-4H3. The van der Waals surface area contributed by atoms with Crippen LogP contribution in [-0.4, -0.2) is 25.1 Å². The summed E-state index contributed by atoms with van der Waals surface area (Å²) in [5, 5.41) is 8.97. The lowest BCUT2D eigenvalue weighted by molar-refractivity contribution is 0.265. The van der Waals surface area contributed by atoms with Crippen molar-refractivity contribution in [2.24, 2.45) is 0 Å². The van der Waals surface area contributed by atoms with E-state index in [-0.39, 0.29) is 0 Å². The number of ether oxygens (including phenoxy) is 1. The molecule has 0 aliphatic rings. The zero-order chi connectivity index (χ0) is 12.1. The highest BCUT2D eigenvalue weighted by molar-refractivity contribution is 5.45. The highest BCUT2D eigenvalue weighted by Crippen LogP contribution is 2.19. The first-order chi connectivity index (χ1) is 7.58. The molecule has 86 valence electrons. The lowest BCUT2D eigenvalue weighted by Crippen LogP contribution is -2.25. The van der Waals surface area contributed by atoms with Crippen molar-refractivity contribution in [3.63, 3.8) is 0 Å². The van der Waals surface area contributed by atoms with Gasteiger partial charge in [-0.15, -0.1) is 0 Å². The fraction of sp³-hybridized carbons (Fsp3) is 0.462. The van der Waals surface area contributed by atoms with Crippen LogP contribution in [0.1, 0.15) is 25.0 Å². The second-order valence-corrected chi connectivity index (χ2v) is 4.16. The van der Waals surface area contributed by atoms with Crippen LogP contribution in [0, 0.1) is 11.3 Å². The molecule has 0 bridgehead atoms. The molecule has 1 aromatic rings. The van der Waals surface area contributed by atoms with Crippen molar-refractivity contribution in [2.45, 2.75) is 26.4 Å². The maximum Gasteiger partial charge on any atom is 0.136 e. The van der Waals surface area contributed by atoms with Gasteiger partial charge in [0.2, 0.25) is 0 Å². The minimum Gasteiger partial charge on any atom is -0.495 e. The smallest absolute Gasteiger partial charge is 0.136 e. The molecule has 0 aromatic heterocycles. The van der Waals surface area contributed by atoms with Gasteiger partial charge in [0.25, 0.3) is 0 Å². The van der Waals surface area contributed by atoms with E-state index in [4.69, 9.17) is 10.00 Å². The third-order valence-electron chi connectivity index (χ3n) is 2.70. The minimum atomic E-state index is 0.493. The molecule has 0 radical (unpaired) electrons. The summed E-state index contributed by atoms with van der Waals surface area (Å²) in [6.45, 7) is 5.14. The summed E-state index contributed by atoms with van der Waals surface area (Å²) in [6, 6.07) is 8.37. The van der Waals surface area contributed by atoms with Crippen LogP contribution in [0.4, 0.5) is 0 Å². The molecule has 0 aliphatic carbocycles. The first kappa shape index (κ1) is 12.5.